The first kappa shape index (κ1) is 22.0. The summed E-state index contributed by atoms with van der Waals surface area (Å²) in [5.74, 6) is -0.380. The molecule has 2 aliphatic rings. The van der Waals surface area contributed by atoms with E-state index >= 15 is 0 Å². The molecule has 0 unspecified atom stereocenters. The van der Waals surface area contributed by atoms with E-state index in [1.807, 2.05) is 0 Å². The quantitative estimate of drug-likeness (QED) is 0.724. The molecule has 2 aliphatic heterocycles. The van der Waals surface area contributed by atoms with Gasteiger partial charge in [-0.1, -0.05) is 12.1 Å². The van der Waals surface area contributed by atoms with E-state index < -0.39 is 10.2 Å². The Morgan fingerprint density at radius 1 is 1.10 bits per heavy atom. The second-order valence-electron chi connectivity index (χ2n) is 8.16. The molecular weight excluding hydrogens is 390 g/mol. The number of hydrogen-bond acceptors (Lipinski definition) is 5. The van der Waals surface area contributed by atoms with Crippen molar-refractivity contribution in [3.63, 3.8) is 0 Å². The molecule has 0 aromatic heterocycles. The molecule has 1 amide bonds. The minimum atomic E-state index is -3.47. The van der Waals surface area contributed by atoms with Crippen LogP contribution in [0.4, 0.5) is 5.69 Å². The molecule has 0 spiro atoms. The molecule has 8 nitrogen and oxygen atoms in total. The molecule has 2 fully saturated rings. The van der Waals surface area contributed by atoms with Crippen LogP contribution in [0.25, 0.3) is 0 Å². The van der Waals surface area contributed by atoms with E-state index in [1.54, 1.807) is 0 Å². The number of hydrogen-bond donors (Lipinski definition) is 1. The average Bonchev–Trinajstić information content (AvgIpc) is 2.73. The highest BCUT2D eigenvalue weighted by Gasteiger charge is 2.33. The van der Waals surface area contributed by atoms with Crippen LogP contribution in [0.5, 0.6) is 0 Å². The molecule has 162 valence electrons. The summed E-state index contributed by atoms with van der Waals surface area (Å²) in [6, 6.07) is 8.33. The third-order valence-corrected chi connectivity index (χ3v) is 7.72. The van der Waals surface area contributed by atoms with Gasteiger partial charge in [-0.3, -0.25) is 4.79 Å². The largest absolute Gasteiger partial charge is 0.369 e. The number of benzene rings is 1. The summed E-state index contributed by atoms with van der Waals surface area (Å²) in [4.78, 5) is 17.3. The van der Waals surface area contributed by atoms with E-state index in [9.17, 15) is 13.2 Å². The summed E-state index contributed by atoms with van der Waals surface area (Å²) in [5.41, 5.74) is 2.26. The number of rotatable bonds is 6. The van der Waals surface area contributed by atoms with Crippen LogP contribution < -0.4 is 10.2 Å². The van der Waals surface area contributed by atoms with Crippen LogP contribution in [0.2, 0.25) is 0 Å². The van der Waals surface area contributed by atoms with Gasteiger partial charge in [-0.25, -0.2) is 0 Å². The fourth-order valence-electron chi connectivity index (χ4n) is 3.82. The highest BCUT2D eigenvalue weighted by molar-refractivity contribution is 7.86. The predicted molar refractivity (Wildman–Crippen MR) is 115 cm³/mol. The third-order valence-electron chi connectivity index (χ3n) is 5.81. The minimum absolute atomic E-state index is 0.0770. The van der Waals surface area contributed by atoms with Gasteiger partial charge in [0.2, 0.25) is 5.91 Å². The van der Waals surface area contributed by atoms with Gasteiger partial charge in [-0.2, -0.15) is 17.0 Å². The van der Waals surface area contributed by atoms with Crippen LogP contribution in [0.15, 0.2) is 24.3 Å². The average molecular weight is 424 g/mol. The van der Waals surface area contributed by atoms with Crippen molar-refractivity contribution in [3.8, 4) is 0 Å². The van der Waals surface area contributed by atoms with E-state index in [0.717, 1.165) is 31.7 Å². The molecule has 1 aromatic rings. The lowest BCUT2D eigenvalue weighted by Crippen LogP contribution is -2.48. The van der Waals surface area contributed by atoms with Gasteiger partial charge < -0.3 is 15.1 Å². The van der Waals surface area contributed by atoms with Gasteiger partial charge in [-0.15, -0.1) is 0 Å². The Morgan fingerprint density at radius 2 is 1.76 bits per heavy atom. The first-order valence-electron chi connectivity index (χ1n) is 10.2. The number of carbonyl (C=O) groups is 1. The molecular formula is C20H33N5O3S. The molecule has 2 heterocycles. The Labute approximate surface area is 174 Å². The van der Waals surface area contributed by atoms with Gasteiger partial charge in [0.15, 0.2) is 0 Å². The van der Waals surface area contributed by atoms with Crippen molar-refractivity contribution in [2.75, 3.05) is 65.3 Å². The Morgan fingerprint density at radius 3 is 2.38 bits per heavy atom. The van der Waals surface area contributed by atoms with Crippen molar-refractivity contribution in [3.05, 3.63) is 29.8 Å². The van der Waals surface area contributed by atoms with Gasteiger partial charge >= 0.3 is 0 Å². The topological polar surface area (TPSA) is 76.2 Å². The predicted octanol–water partition coefficient (Wildman–Crippen LogP) is 0.573. The zero-order valence-electron chi connectivity index (χ0n) is 17.7. The van der Waals surface area contributed by atoms with Crippen molar-refractivity contribution in [1.29, 1.82) is 0 Å². The first-order chi connectivity index (χ1) is 13.8. The highest BCUT2D eigenvalue weighted by Crippen LogP contribution is 2.21. The lowest BCUT2D eigenvalue weighted by Gasteiger charge is -2.34. The van der Waals surface area contributed by atoms with Crippen LogP contribution in [-0.4, -0.2) is 88.2 Å². The molecule has 3 rings (SSSR count). The Hall–Kier alpha value is -1.68. The van der Waals surface area contributed by atoms with Crippen molar-refractivity contribution in [2.24, 2.45) is 5.92 Å². The van der Waals surface area contributed by atoms with E-state index in [2.05, 4.69) is 46.4 Å². The summed E-state index contributed by atoms with van der Waals surface area (Å²) in [6.45, 7) is 5.37. The van der Waals surface area contributed by atoms with Crippen LogP contribution in [0.3, 0.4) is 0 Å². The van der Waals surface area contributed by atoms with Crippen LogP contribution in [0, 0.1) is 5.92 Å². The monoisotopic (exact) mass is 423 g/mol. The zero-order valence-corrected chi connectivity index (χ0v) is 18.5. The van der Waals surface area contributed by atoms with E-state index in [-0.39, 0.29) is 18.4 Å². The number of likely N-dealkylation sites (N-methyl/N-ethyl adjacent to an activating group) is 1. The summed E-state index contributed by atoms with van der Waals surface area (Å²) >= 11 is 0. The molecule has 29 heavy (non-hydrogen) atoms. The van der Waals surface area contributed by atoms with Crippen molar-refractivity contribution >= 4 is 21.8 Å². The maximum atomic E-state index is 12.6. The summed E-state index contributed by atoms with van der Waals surface area (Å²) < 4.78 is 27.3. The highest BCUT2D eigenvalue weighted by atomic mass is 32.2. The van der Waals surface area contributed by atoms with Gasteiger partial charge in [-0.05, 0) is 37.6 Å². The fraction of sp³-hybridized carbons (Fsp3) is 0.650. The van der Waals surface area contributed by atoms with Gasteiger partial charge in [0.25, 0.3) is 10.2 Å². The lowest BCUT2D eigenvalue weighted by molar-refractivity contribution is -0.126. The van der Waals surface area contributed by atoms with E-state index in [0.29, 0.717) is 25.9 Å². The molecule has 1 atom stereocenters. The minimum Gasteiger partial charge on any atom is -0.369 e. The number of nitrogens with one attached hydrogen (secondary N) is 1. The van der Waals surface area contributed by atoms with Crippen molar-refractivity contribution in [2.45, 2.75) is 19.4 Å². The van der Waals surface area contributed by atoms with E-state index in [1.165, 1.54) is 28.4 Å². The number of anilines is 1. The number of piperazine rings is 1. The van der Waals surface area contributed by atoms with Crippen LogP contribution in [-0.2, 0) is 21.5 Å². The Balaban J connectivity index is 1.51. The van der Waals surface area contributed by atoms with Crippen molar-refractivity contribution < 1.29 is 13.2 Å². The lowest BCUT2D eigenvalue weighted by atomic mass is 9.98. The molecule has 1 aromatic carbocycles. The smallest absolute Gasteiger partial charge is 0.281 e. The summed E-state index contributed by atoms with van der Waals surface area (Å²) in [6.07, 6.45) is 1.42. The SMILES string of the molecule is CN1CCN(c2ccc(CNC(=O)[C@@H]3CCCN(S(=O)(=O)N(C)C)C3)cc2)CC1. The standard InChI is InChI=1S/C20H33N5O3S/c1-22(2)29(27,28)25-10-4-5-18(16-25)20(26)21-15-17-6-8-19(9-7-17)24-13-11-23(3)12-14-24/h6-9,18H,4-5,10-16H2,1-3H3,(H,21,26)/t18-/m1/s1. The molecule has 2 saturated heterocycles. The maximum absolute atomic E-state index is 12.6. The van der Waals surface area contributed by atoms with Gasteiger partial charge in [0.1, 0.15) is 0 Å². The maximum Gasteiger partial charge on any atom is 0.281 e. The Kier molecular flexibility index (Phi) is 7.15. The van der Waals surface area contributed by atoms with Crippen LogP contribution in [0.1, 0.15) is 18.4 Å². The number of nitrogens with zero attached hydrogens (tertiary/aromatic N) is 4. The van der Waals surface area contributed by atoms with Crippen molar-refractivity contribution in [1.82, 2.24) is 18.8 Å². The number of amides is 1. The van der Waals surface area contributed by atoms with Gasteiger partial charge in [0.05, 0.1) is 5.92 Å². The Bertz CT molecular complexity index is 789. The number of piperidine rings is 1. The summed E-state index contributed by atoms with van der Waals surface area (Å²) in [5, 5.41) is 2.98. The molecule has 0 aliphatic carbocycles. The third kappa shape index (κ3) is 5.48. The summed E-state index contributed by atoms with van der Waals surface area (Å²) in [7, 11) is 1.71. The second-order valence-corrected chi connectivity index (χ2v) is 10.3. The molecule has 0 radical (unpaired) electrons. The second kappa shape index (κ2) is 9.42. The first-order valence-corrected chi connectivity index (χ1v) is 11.6. The molecule has 0 saturated carbocycles. The fourth-order valence-corrected chi connectivity index (χ4v) is 5.01. The normalized spacial score (nSPS) is 22.1. The zero-order chi connectivity index (χ0) is 21.0. The van der Waals surface area contributed by atoms with E-state index in [4.69, 9.17) is 0 Å². The van der Waals surface area contributed by atoms with Gasteiger partial charge in [0, 0.05) is 65.6 Å². The molecule has 1 N–H and O–H groups in total. The van der Waals surface area contributed by atoms with Crippen LogP contribution >= 0.6 is 0 Å². The molecule has 0 bridgehead atoms. The molecule has 9 heteroatoms. The number of carbonyl (C=O) groups excluding carboxylic acids is 1.